The summed E-state index contributed by atoms with van der Waals surface area (Å²) in [6.07, 6.45) is -3.10. The zero-order valence-electron chi connectivity index (χ0n) is 7.51. The van der Waals surface area contributed by atoms with Gasteiger partial charge in [-0.3, -0.25) is 0 Å². The molecule has 0 unspecified atom stereocenters. The van der Waals surface area contributed by atoms with Crippen LogP contribution in [0, 0.1) is 0 Å². The normalized spacial score (nSPS) is 16.6. The third-order valence-electron chi connectivity index (χ3n) is 2.42. The van der Waals surface area contributed by atoms with E-state index in [9.17, 15) is 13.2 Å². The molecule has 0 radical (unpaired) electrons. The SMILES string of the molecule is FC(F)(F)c1ccc(N2CCC2)cc1. The Bertz CT molecular complexity index is 311. The maximum absolute atomic E-state index is 12.2. The zero-order valence-corrected chi connectivity index (χ0v) is 7.51. The van der Waals surface area contributed by atoms with Crippen molar-refractivity contribution in [2.75, 3.05) is 18.0 Å². The van der Waals surface area contributed by atoms with E-state index in [1.807, 2.05) is 0 Å². The highest BCUT2D eigenvalue weighted by molar-refractivity contribution is 5.49. The first-order chi connectivity index (χ1) is 6.57. The summed E-state index contributed by atoms with van der Waals surface area (Å²) in [5.74, 6) is 0. The number of alkyl halides is 3. The molecular weight excluding hydrogens is 191 g/mol. The van der Waals surface area contributed by atoms with Gasteiger partial charge in [0.1, 0.15) is 0 Å². The van der Waals surface area contributed by atoms with E-state index in [0.29, 0.717) is 0 Å². The summed E-state index contributed by atoms with van der Waals surface area (Å²) in [5, 5.41) is 0. The topological polar surface area (TPSA) is 3.24 Å². The molecule has 0 saturated carbocycles. The van der Waals surface area contributed by atoms with Crippen LogP contribution in [0.1, 0.15) is 12.0 Å². The molecule has 1 aliphatic heterocycles. The van der Waals surface area contributed by atoms with E-state index in [1.54, 1.807) is 0 Å². The second-order valence-electron chi connectivity index (χ2n) is 3.39. The molecule has 1 aromatic carbocycles. The number of rotatable bonds is 1. The molecule has 76 valence electrons. The lowest BCUT2D eigenvalue weighted by Gasteiger charge is -2.33. The average molecular weight is 201 g/mol. The van der Waals surface area contributed by atoms with Gasteiger partial charge in [0, 0.05) is 18.8 Å². The maximum Gasteiger partial charge on any atom is 0.416 e. The fourth-order valence-corrected chi connectivity index (χ4v) is 1.44. The third-order valence-corrected chi connectivity index (χ3v) is 2.42. The van der Waals surface area contributed by atoms with Gasteiger partial charge in [0.15, 0.2) is 0 Å². The molecule has 1 aliphatic rings. The minimum atomic E-state index is -4.23. The van der Waals surface area contributed by atoms with Crippen molar-refractivity contribution in [2.45, 2.75) is 12.6 Å². The van der Waals surface area contributed by atoms with Gasteiger partial charge in [0.25, 0.3) is 0 Å². The highest BCUT2D eigenvalue weighted by Crippen LogP contribution is 2.31. The Kier molecular flexibility index (Phi) is 2.13. The van der Waals surface area contributed by atoms with Crippen molar-refractivity contribution in [3.05, 3.63) is 29.8 Å². The average Bonchev–Trinajstić information content (AvgIpc) is 2.00. The van der Waals surface area contributed by atoms with Gasteiger partial charge in [-0.1, -0.05) is 0 Å². The second kappa shape index (κ2) is 3.19. The molecule has 0 spiro atoms. The Hall–Kier alpha value is -1.19. The summed E-state index contributed by atoms with van der Waals surface area (Å²) in [5.41, 5.74) is 0.297. The first kappa shape index (κ1) is 9.37. The molecule has 0 aromatic heterocycles. The Morgan fingerprint density at radius 1 is 1.00 bits per heavy atom. The molecule has 1 nitrogen and oxygen atoms in total. The number of halogens is 3. The van der Waals surface area contributed by atoms with Gasteiger partial charge in [-0.2, -0.15) is 13.2 Å². The Morgan fingerprint density at radius 3 is 1.93 bits per heavy atom. The van der Waals surface area contributed by atoms with Crippen LogP contribution in [0.15, 0.2) is 24.3 Å². The number of anilines is 1. The summed E-state index contributed by atoms with van der Waals surface area (Å²) in [6.45, 7) is 1.90. The summed E-state index contributed by atoms with van der Waals surface area (Å²) in [6, 6.07) is 5.32. The van der Waals surface area contributed by atoms with Crippen molar-refractivity contribution in [1.29, 1.82) is 0 Å². The number of hydrogen-bond acceptors (Lipinski definition) is 1. The summed E-state index contributed by atoms with van der Waals surface area (Å²) < 4.78 is 36.6. The molecule has 1 aromatic rings. The standard InChI is InChI=1S/C10H10F3N/c11-10(12,13)8-2-4-9(5-3-8)14-6-1-7-14/h2-5H,1,6-7H2. The lowest BCUT2D eigenvalue weighted by molar-refractivity contribution is -0.137. The quantitative estimate of drug-likeness (QED) is 0.675. The number of hydrogen-bond donors (Lipinski definition) is 0. The van der Waals surface area contributed by atoms with Crippen LogP contribution < -0.4 is 4.90 Å². The van der Waals surface area contributed by atoms with E-state index < -0.39 is 11.7 Å². The van der Waals surface area contributed by atoms with Gasteiger partial charge in [-0.15, -0.1) is 0 Å². The van der Waals surface area contributed by atoms with Gasteiger partial charge in [0.05, 0.1) is 5.56 Å². The molecule has 1 fully saturated rings. The molecule has 1 saturated heterocycles. The summed E-state index contributed by atoms with van der Waals surface area (Å²) in [7, 11) is 0. The van der Waals surface area contributed by atoms with Crippen molar-refractivity contribution < 1.29 is 13.2 Å². The summed E-state index contributed by atoms with van der Waals surface area (Å²) >= 11 is 0. The van der Waals surface area contributed by atoms with E-state index in [4.69, 9.17) is 0 Å². The van der Waals surface area contributed by atoms with Crippen molar-refractivity contribution in [3.63, 3.8) is 0 Å². The minimum absolute atomic E-state index is 0.582. The molecule has 2 rings (SSSR count). The van der Waals surface area contributed by atoms with Gasteiger partial charge in [-0.25, -0.2) is 0 Å². The monoisotopic (exact) mass is 201 g/mol. The van der Waals surface area contributed by atoms with Crippen LogP contribution in [0.3, 0.4) is 0 Å². The van der Waals surface area contributed by atoms with Gasteiger partial charge >= 0.3 is 6.18 Å². The van der Waals surface area contributed by atoms with Crippen LogP contribution in [0.25, 0.3) is 0 Å². The molecule has 0 aliphatic carbocycles. The molecule has 0 amide bonds. The van der Waals surface area contributed by atoms with E-state index in [0.717, 1.165) is 37.3 Å². The van der Waals surface area contributed by atoms with Gasteiger partial charge in [-0.05, 0) is 30.7 Å². The van der Waals surface area contributed by atoms with Crippen LogP contribution >= 0.6 is 0 Å². The molecule has 1 heterocycles. The predicted octanol–water partition coefficient (Wildman–Crippen LogP) is 2.92. The first-order valence-corrected chi connectivity index (χ1v) is 4.49. The third kappa shape index (κ3) is 1.69. The van der Waals surface area contributed by atoms with Crippen LogP contribution in [-0.4, -0.2) is 13.1 Å². The van der Waals surface area contributed by atoms with E-state index in [-0.39, 0.29) is 0 Å². The lowest BCUT2D eigenvalue weighted by atomic mass is 10.1. The highest BCUT2D eigenvalue weighted by atomic mass is 19.4. The molecule has 0 atom stereocenters. The van der Waals surface area contributed by atoms with E-state index in [1.165, 1.54) is 12.1 Å². The van der Waals surface area contributed by atoms with Crippen molar-refractivity contribution in [3.8, 4) is 0 Å². The van der Waals surface area contributed by atoms with Crippen molar-refractivity contribution in [1.82, 2.24) is 0 Å². The molecule has 0 N–H and O–H groups in total. The highest BCUT2D eigenvalue weighted by Gasteiger charge is 2.30. The summed E-state index contributed by atoms with van der Waals surface area (Å²) in [4.78, 5) is 2.06. The fourth-order valence-electron chi connectivity index (χ4n) is 1.44. The number of nitrogens with zero attached hydrogens (tertiary/aromatic N) is 1. The number of benzene rings is 1. The lowest BCUT2D eigenvalue weighted by Crippen LogP contribution is -2.36. The van der Waals surface area contributed by atoms with Crippen LogP contribution in [0.2, 0.25) is 0 Å². The smallest absolute Gasteiger partial charge is 0.371 e. The minimum Gasteiger partial charge on any atom is -0.371 e. The van der Waals surface area contributed by atoms with Crippen LogP contribution in [-0.2, 0) is 6.18 Å². The second-order valence-corrected chi connectivity index (χ2v) is 3.39. The maximum atomic E-state index is 12.2. The van der Waals surface area contributed by atoms with E-state index >= 15 is 0 Å². The molecule has 14 heavy (non-hydrogen) atoms. The van der Waals surface area contributed by atoms with Gasteiger partial charge < -0.3 is 4.90 Å². The zero-order chi connectivity index (χ0) is 10.2. The van der Waals surface area contributed by atoms with E-state index in [2.05, 4.69) is 4.90 Å². The Labute approximate surface area is 80.1 Å². The largest absolute Gasteiger partial charge is 0.416 e. The fraction of sp³-hybridized carbons (Fsp3) is 0.400. The first-order valence-electron chi connectivity index (χ1n) is 4.49. The van der Waals surface area contributed by atoms with Crippen molar-refractivity contribution >= 4 is 5.69 Å². The Morgan fingerprint density at radius 2 is 1.57 bits per heavy atom. The van der Waals surface area contributed by atoms with Crippen molar-refractivity contribution in [2.24, 2.45) is 0 Å². The predicted molar refractivity (Wildman–Crippen MR) is 48.3 cm³/mol. The van der Waals surface area contributed by atoms with Crippen LogP contribution in [0.5, 0.6) is 0 Å². The van der Waals surface area contributed by atoms with Gasteiger partial charge in [0.2, 0.25) is 0 Å². The molecule has 0 bridgehead atoms. The Balaban J connectivity index is 2.17. The molecule has 4 heteroatoms. The van der Waals surface area contributed by atoms with Crippen LogP contribution in [0.4, 0.5) is 18.9 Å². The molecular formula is C10H10F3N.